The molecule has 1 N–H and O–H groups in total. The first-order valence-corrected chi connectivity index (χ1v) is 5.32. The summed E-state index contributed by atoms with van der Waals surface area (Å²) in [6.07, 6.45) is 2.28. The van der Waals surface area contributed by atoms with E-state index in [4.69, 9.17) is 5.11 Å². The molecular formula is C11H16O3. The van der Waals surface area contributed by atoms with Crippen LogP contribution in [-0.2, 0) is 9.59 Å². The van der Waals surface area contributed by atoms with Crippen LogP contribution in [0.3, 0.4) is 0 Å². The summed E-state index contributed by atoms with van der Waals surface area (Å²) in [5, 5.41) is 9.03. The largest absolute Gasteiger partial charge is 0.481 e. The maximum atomic E-state index is 11.8. The molecule has 0 spiro atoms. The third-order valence-corrected chi connectivity index (χ3v) is 4.28. The Morgan fingerprint density at radius 1 is 1.71 bits per heavy atom. The van der Waals surface area contributed by atoms with Crippen LogP contribution in [0, 0.1) is 23.2 Å². The Kier molecular flexibility index (Phi) is 1.95. The molecule has 2 saturated carbocycles. The first kappa shape index (κ1) is 9.69. The zero-order chi connectivity index (χ0) is 10.5. The molecule has 78 valence electrons. The Balaban J connectivity index is 2.30. The summed E-state index contributed by atoms with van der Waals surface area (Å²) in [5.41, 5.74) is -0.472. The number of carboxylic acids is 1. The van der Waals surface area contributed by atoms with Crippen LogP contribution in [0.15, 0.2) is 0 Å². The third-order valence-electron chi connectivity index (χ3n) is 4.28. The van der Waals surface area contributed by atoms with Gasteiger partial charge in [0.2, 0.25) is 0 Å². The van der Waals surface area contributed by atoms with E-state index in [-0.39, 0.29) is 23.5 Å². The predicted molar refractivity (Wildman–Crippen MR) is 50.7 cm³/mol. The van der Waals surface area contributed by atoms with E-state index in [1.807, 2.05) is 13.8 Å². The van der Waals surface area contributed by atoms with Crippen LogP contribution in [0.5, 0.6) is 0 Å². The second-order valence-corrected chi connectivity index (χ2v) is 4.63. The van der Waals surface area contributed by atoms with Crippen molar-refractivity contribution in [1.82, 2.24) is 0 Å². The minimum absolute atomic E-state index is 0.141. The van der Waals surface area contributed by atoms with Crippen molar-refractivity contribution in [3.05, 3.63) is 0 Å². The summed E-state index contributed by atoms with van der Waals surface area (Å²) in [6.45, 7) is 4.04. The molecule has 2 rings (SSSR count). The lowest BCUT2D eigenvalue weighted by Gasteiger charge is -2.19. The van der Waals surface area contributed by atoms with Crippen molar-refractivity contribution in [2.24, 2.45) is 23.2 Å². The second kappa shape index (κ2) is 2.81. The maximum Gasteiger partial charge on any atom is 0.307 e. The molecule has 2 aliphatic carbocycles. The number of aliphatic carboxylic acids is 1. The van der Waals surface area contributed by atoms with Gasteiger partial charge in [0.1, 0.15) is 5.78 Å². The van der Waals surface area contributed by atoms with E-state index in [1.54, 1.807) is 0 Å². The number of carbonyl (C=O) groups excluding carboxylic acids is 1. The van der Waals surface area contributed by atoms with Gasteiger partial charge in [-0.15, -0.1) is 0 Å². The predicted octanol–water partition coefficient (Wildman–Crippen LogP) is 1.71. The number of rotatable bonds is 3. The molecule has 0 radical (unpaired) electrons. The molecule has 2 fully saturated rings. The zero-order valence-electron chi connectivity index (χ0n) is 8.62. The number of fused-ring (bicyclic) bond motifs is 1. The summed E-state index contributed by atoms with van der Waals surface area (Å²) in [5.74, 6) is -0.586. The van der Waals surface area contributed by atoms with Gasteiger partial charge in [0, 0.05) is 11.8 Å². The highest BCUT2D eigenvalue weighted by Crippen LogP contribution is 2.70. The molecule has 0 heterocycles. The average molecular weight is 196 g/mol. The maximum absolute atomic E-state index is 11.8. The molecule has 2 aliphatic rings. The normalized spacial score (nSPS) is 42.0. The molecule has 14 heavy (non-hydrogen) atoms. The van der Waals surface area contributed by atoms with Crippen molar-refractivity contribution in [3.8, 4) is 0 Å². The monoisotopic (exact) mass is 196 g/mol. The van der Waals surface area contributed by atoms with Crippen molar-refractivity contribution in [2.75, 3.05) is 0 Å². The van der Waals surface area contributed by atoms with Gasteiger partial charge in [-0.2, -0.15) is 0 Å². The fourth-order valence-corrected chi connectivity index (χ4v) is 3.43. The van der Waals surface area contributed by atoms with E-state index in [0.717, 1.165) is 12.8 Å². The molecule has 0 saturated heterocycles. The lowest BCUT2D eigenvalue weighted by atomic mass is 9.83. The minimum Gasteiger partial charge on any atom is -0.481 e. The van der Waals surface area contributed by atoms with Crippen LogP contribution in [-0.4, -0.2) is 16.9 Å². The lowest BCUT2D eigenvalue weighted by Crippen LogP contribution is -2.26. The third kappa shape index (κ3) is 0.877. The van der Waals surface area contributed by atoms with Gasteiger partial charge in [0.05, 0.1) is 5.92 Å². The summed E-state index contributed by atoms with van der Waals surface area (Å²) < 4.78 is 0. The fourth-order valence-electron chi connectivity index (χ4n) is 3.43. The Bertz CT molecular complexity index is 297. The van der Waals surface area contributed by atoms with E-state index in [0.29, 0.717) is 6.42 Å². The molecule has 3 heteroatoms. The Morgan fingerprint density at radius 2 is 2.36 bits per heavy atom. The average Bonchev–Trinajstić information content (AvgIpc) is 2.73. The van der Waals surface area contributed by atoms with Crippen LogP contribution in [0.25, 0.3) is 0 Å². The quantitative estimate of drug-likeness (QED) is 0.747. The minimum atomic E-state index is -0.775. The Hall–Kier alpha value is -0.860. The molecule has 3 nitrogen and oxygen atoms in total. The lowest BCUT2D eigenvalue weighted by molar-refractivity contribution is -0.142. The number of Topliss-reactive ketones (excluding diaryl/α,β-unsaturated/α-hetero) is 1. The SMILES string of the molecule is CCC(C)[C@@]12C(=O)CC[C@H]1[C@H]2C(=O)O. The number of hydrogen-bond acceptors (Lipinski definition) is 2. The number of carbonyl (C=O) groups is 2. The highest BCUT2D eigenvalue weighted by atomic mass is 16.4. The van der Waals surface area contributed by atoms with Crippen LogP contribution >= 0.6 is 0 Å². The Labute approximate surface area is 83.5 Å². The highest BCUT2D eigenvalue weighted by molar-refractivity contribution is 5.98. The van der Waals surface area contributed by atoms with Gasteiger partial charge >= 0.3 is 5.97 Å². The van der Waals surface area contributed by atoms with Gasteiger partial charge in [-0.1, -0.05) is 20.3 Å². The summed E-state index contributed by atoms with van der Waals surface area (Å²) in [6, 6.07) is 0. The van der Waals surface area contributed by atoms with Crippen molar-refractivity contribution < 1.29 is 14.7 Å². The standard InChI is InChI=1S/C11H16O3/c1-3-6(2)11-7(4-5-8(11)12)9(11)10(13)14/h6-7,9H,3-5H2,1-2H3,(H,13,14)/t6?,7-,9-,11-/m0/s1. The molecule has 0 aromatic heterocycles. The molecule has 0 amide bonds. The first-order chi connectivity index (χ1) is 6.56. The van der Waals surface area contributed by atoms with E-state index in [1.165, 1.54) is 0 Å². The van der Waals surface area contributed by atoms with E-state index in [2.05, 4.69) is 0 Å². The number of hydrogen-bond donors (Lipinski definition) is 1. The second-order valence-electron chi connectivity index (χ2n) is 4.63. The summed E-state index contributed by atoms with van der Waals surface area (Å²) in [4.78, 5) is 22.8. The number of carboxylic acid groups (broad SMARTS) is 1. The van der Waals surface area contributed by atoms with Crippen LogP contribution < -0.4 is 0 Å². The van der Waals surface area contributed by atoms with Crippen molar-refractivity contribution in [3.63, 3.8) is 0 Å². The van der Waals surface area contributed by atoms with Crippen LogP contribution in [0.1, 0.15) is 33.1 Å². The van der Waals surface area contributed by atoms with Crippen LogP contribution in [0.4, 0.5) is 0 Å². The van der Waals surface area contributed by atoms with E-state index < -0.39 is 11.4 Å². The molecule has 4 atom stereocenters. The van der Waals surface area contributed by atoms with Crippen molar-refractivity contribution >= 4 is 11.8 Å². The summed E-state index contributed by atoms with van der Waals surface area (Å²) in [7, 11) is 0. The van der Waals surface area contributed by atoms with Crippen molar-refractivity contribution in [2.45, 2.75) is 33.1 Å². The fraction of sp³-hybridized carbons (Fsp3) is 0.818. The molecule has 0 aliphatic heterocycles. The Morgan fingerprint density at radius 3 is 2.79 bits per heavy atom. The molecule has 1 unspecified atom stereocenters. The van der Waals surface area contributed by atoms with Gasteiger partial charge in [-0.3, -0.25) is 9.59 Å². The summed E-state index contributed by atoms with van der Waals surface area (Å²) >= 11 is 0. The molecule has 0 aromatic carbocycles. The van der Waals surface area contributed by atoms with E-state index >= 15 is 0 Å². The van der Waals surface area contributed by atoms with Gasteiger partial charge in [-0.05, 0) is 18.3 Å². The first-order valence-electron chi connectivity index (χ1n) is 5.32. The van der Waals surface area contributed by atoms with Crippen LogP contribution in [0.2, 0.25) is 0 Å². The van der Waals surface area contributed by atoms with Gasteiger partial charge < -0.3 is 5.11 Å². The zero-order valence-corrected chi connectivity index (χ0v) is 8.62. The molecule has 0 aromatic rings. The van der Waals surface area contributed by atoms with Gasteiger partial charge in [0.25, 0.3) is 0 Å². The topological polar surface area (TPSA) is 54.4 Å². The van der Waals surface area contributed by atoms with E-state index in [9.17, 15) is 9.59 Å². The molecular weight excluding hydrogens is 180 g/mol. The van der Waals surface area contributed by atoms with Crippen molar-refractivity contribution in [1.29, 1.82) is 0 Å². The smallest absolute Gasteiger partial charge is 0.307 e. The number of ketones is 1. The van der Waals surface area contributed by atoms with Gasteiger partial charge in [-0.25, -0.2) is 0 Å². The highest BCUT2D eigenvalue weighted by Gasteiger charge is 2.76. The van der Waals surface area contributed by atoms with Gasteiger partial charge in [0.15, 0.2) is 0 Å². The molecule has 0 bridgehead atoms.